The van der Waals surface area contributed by atoms with Crippen molar-refractivity contribution in [3.05, 3.63) is 47.1 Å². The fraction of sp³-hybridized carbons (Fsp3) is 0.368. The number of urea groups is 1. The second kappa shape index (κ2) is 8.07. The molecule has 0 radical (unpaired) electrons. The average molecular weight is 399 g/mol. The molecule has 146 valence electrons. The van der Waals surface area contributed by atoms with Crippen molar-refractivity contribution >= 4 is 23.1 Å². The van der Waals surface area contributed by atoms with Gasteiger partial charge in [0.05, 0.1) is 13.2 Å². The number of nitrogens with one attached hydrogen (secondary N) is 1. The highest BCUT2D eigenvalue weighted by atomic mass is 32.1. The molecule has 28 heavy (non-hydrogen) atoms. The molecule has 1 fully saturated rings. The molecule has 4 rings (SSSR count). The van der Waals surface area contributed by atoms with Gasteiger partial charge in [0.25, 0.3) is 0 Å². The summed E-state index contributed by atoms with van der Waals surface area (Å²) in [5.74, 6) is 0.980. The Kier molecular flexibility index (Phi) is 5.36. The number of ether oxygens (including phenoxy) is 1. The zero-order valence-electron chi connectivity index (χ0n) is 15.7. The fourth-order valence-corrected chi connectivity index (χ4v) is 3.71. The van der Waals surface area contributed by atoms with Crippen molar-refractivity contribution in [1.82, 2.24) is 20.1 Å². The van der Waals surface area contributed by atoms with Crippen molar-refractivity contribution < 1.29 is 13.9 Å². The Morgan fingerprint density at radius 2 is 2.14 bits per heavy atom. The van der Waals surface area contributed by atoms with Gasteiger partial charge in [-0.2, -0.15) is 0 Å². The van der Waals surface area contributed by atoms with Gasteiger partial charge in [0, 0.05) is 35.3 Å². The fourth-order valence-electron chi connectivity index (χ4n) is 2.91. The minimum atomic E-state index is -0.400. The third-order valence-electron chi connectivity index (χ3n) is 4.42. The highest BCUT2D eigenvalue weighted by Crippen LogP contribution is 2.25. The van der Waals surface area contributed by atoms with E-state index in [0.29, 0.717) is 37.9 Å². The highest BCUT2D eigenvalue weighted by Gasteiger charge is 2.29. The molecule has 1 aliphatic heterocycles. The van der Waals surface area contributed by atoms with E-state index in [1.165, 1.54) is 0 Å². The Bertz CT molecular complexity index is 953. The minimum Gasteiger partial charge on any atom is -0.422 e. The van der Waals surface area contributed by atoms with Gasteiger partial charge >= 0.3 is 6.03 Å². The summed E-state index contributed by atoms with van der Waals surface area (Å²) >= 11 is 1.61. The van der Waals surface area contributed by atoms with E-state index in [2.05, 4.69) is 20.5 Å². The third-order valence-corrected chi connectivity index (χ3v) is 5.43. The molecule has 3 aromatic rings. The molecule has 8 nitrogen and oxygen atoms in total. The summed E-state index contributed by atoms with van der Waals surface area (Å²) in [5.41, 5.74) is 2.77. The third kappa shape index (κ3) is 4.05. The predicted octanol–water partition coefficient (Wildman–Crippen LogP) is 3.67. The Balaban J connectivity index is 1.38. The van der Waals surface area contributed by atoms with Crippen LogP contribution in [0.4, 0.5) is 10.5 Å². The van der Waals surface area contributed by atoms with Crippen molar-refractivity contribution in [3.63, 3.8) is 0 Å². The van der Waals surface area contributed by atoms with E-state index in [-0.39, 0.29) is 6.03 Å². The molecule has 2 amide bonds. The Morgan fingerprint density at radius 1 is 1.32 bits per heavy atom. The average Bonchev–Trinajstić information content (AvgIpc) is 3.38. The molecule has 0 spiro atoms. The normalized spacial score (nSPS) is 16.9. The molecule has 9 heteroatoms. The second-order valence-corrected chi connectivity index (χ2v) is 7.35. The molecule has 2 aromatic heterocycles. The number of rotatable bonds is 4. The summed E-state index contributed by atoms with van der Waals surface area (Å²) in [4.78, 5) is 18.8. The van der Waals surface area contributed by atoms with Gasteiger partial charge in [0.1, 0.15) is 5.01 Å². The minimum absolute atomic E-state index is 0.179. The standard InChI is InChI=1S/C19H21N5O3S/c1-3-16-22-23-17(27-16)15-10-24(8-9-26-15)19(25)21-14-6-4-13(5-7-14)18-20-12(2)11-28-18/h4-7,11,15H,3,8-10H2,1-2H3,(H,21,25). The number of amides is 2. The van der Waals surface area contributed by atoms with E-state index in [4.69, 9.17) is 9.15 Å². The van der Waals surface area contributed by atoms with Crippen molar-refractivity contribution in [2.75, 3.05) is 25.0 Å². The number of thiazole rings is 1. The number of hydrogen-bond acceptors (Lipinski definition) is 7. The quantitative estimate of drug-likeness (QED) is 0.719. The molecular weight excluding hydrogens is 378 g/mol. The van der Waals surface area contributed by atoms with Crippen LogP contribution < -0.4 is 5.32 Å². The zero-order chi connectivity index (χ0) is 19.5. The van der Waals surface area contributed by atoms with Gasteiger partial charge in [-0.1, -0.05) is 6.92 Å². The van der Waals surface area contributed by atoms with E-state index in [9.17, 15) is 4.79 Å². The lowest BCUT2D eigenvalue weighted by molar-refractivity contribution is -0.0275. The van der Waals surface area contributed by atoms with Crippen LogP contribution in [-0.4, -0.2) is 45.8 Å². The van der Waals surface area contributed by atoms with Gasteiger partial charge in [-0.25, -0.2) is 9.78 Å². The molecule has 1 atom stereocenters. The van der Waals surface area contributed by atoms with Crippen LogP contribution in [-0.2, 0) is 11.2 Å². The van der Waals surface area contributed by atoms with Crippen molar-refractivity contribution in [1.29, 1.82) is 0 Å². The number of aromatic nitrogens is 3. The maximum Gasteiger partial charge on any atom is 0.322 e. The Hall–Kier alpha value is -2.78. The number of hydrogen-bond donors (Lipinski definition) is 1. The topological polar surface area (TPSA) is 93.4 Å². The number of nitrogens with zero attached hydrogens (tertiary/aromatic N) is 4. The highest BCUT2D eigenvalue weighted by molar-refractivity contribution is 7.13. The number of carbonyl (C=O) groups is 1. The molecule has 1 aliphatic rings. The zero-order valence-corrected chi connectivity index (χ0v) is 16.5. The molecule has 0 saturated carbocycles. The van der Waals surface area contributed by atoms with Gasteiger partial charge in [0.15, 0.2) is 6.10 Å². The number of anilines is 1. The summed E-state index contributed by atoms with van der Waals surface area (Å²) in [6, 6.07) is 7.50. The van der Waals surface area contributed by atoms with Gasteiger partial charge < -0.3 is 19.4 Å². The molecule has 1 unspecified atom stereocenters. The van der Waals surface area contributed by atoms with E-state index in [0.717, 1.165) is 22.0 Å². The lowest BCUT2D eigenvalue weighted by Gasteiger charge is -2.31. The molecule has 0 aliphatic carbocycles. The van der Waals surface area contributed by atoms with Crippen LogP contribution in [0.1, 0.15) is 30.5 Å². The van der Waals surface area contributed by atoms with Crippen LogP contribution in [0.5, 0.6) is 0 Å². The van der Waals surface area contributed by atoms with Gasteiger partial charge in [-0.05, 0) is 31.2 Å². The number of carbonyl (C=O) groups excluding carboxylic acids is 1. The van der Waals surface area contributed by atoms with E-state index >= 15 is 0 Å². The maximum absolute atomic E-state index is 12.6. The summed E-state index contributed by atoms with van der Waals surface area (Å²) < 4.78 is 11.3. The van der Waals surface area contributed by atoms with Crippen LogP contribution in [0.25, 0.3) is 10.6 Å². The maximum atomic E-state index is 12.6. The van der Waals surface area contributed by atoms with E-state index < -0.39 is 6.10 Å². The van der Waals surface area contributed by atoms with Crippen LogP contribution >= 0.6 is 11.3 Å². The molecular formula is C19H21N5O3S. The molecule has 3 heterocycles. The first-order chi connectivity index (χ1) is 13.6. The van der Waals surface area contributed by atoms with Gasteiger partial charge in [-0.15, -0.1) is 21.5 Å². The van der Waals surface area contributed by atoms with E-state index in [1.54, 1.807) is 16.2 Å². The summed E-state index contributed by atoms with van der Waals surface area (Å²) in [6.45, 7) is 5.22. The monoisotopic (exact) mass is 399 g/mol. The molecule has 1 N–H and O–H groups in total. The number of aryl methyl sites for hydroxylation is 2. The van der Waals surface area contributed by atoms with Gasteiger partial charge in [0.2, 0.25) is 11.8 Å². The number of morpholine rings is 1. The van der Waals surface area contributed by atoms with Gasteiger partial charge in [-0.3, -0.25) is 0 Å². The predicted molar refractivity (Wildman–Crippen MR) is 105 cm³/mol. The van der Waals surface area contributed by atoms with Crippen LogP contribution in [0.3, 0.4) is 0 Å². The van der Waals surface area contributed by atoms with Crippen molar-refractivity contribution in [2.24, 2.45) is 0 Å². The number of benzene rings is 1. The second-order valence-electron chi connectivity index (χ2n) is 6.49. The first-order valence-corrected chi connectivity index (χ1v) is 10.0. The molecule has 0 bridgehead atoms. The first-order valence-electron chi connectivity index (χ1n) is 9.14. The Morgan fingerprint density at radius 3 is 2.82 bits per heavy atom. The molecule has 1 aromatic carbocycles. The first kappa shape index (κ1) is 18.6. The SMILES string of the molecule is CCc1nnc(C2CN(C(=O)Nc3ccc(-c4nc(C)cs4)cc3)CCO2)o1. The smallest absolute Gasteiger partial charge is 0.322 e. The lowest BCUT2D eigenvalue weighted by Crippen LogP contribution is -2.44. The van der Waals surface area contributed by atoms with Crippen LogP contribution in [0.15, 0.2) is 34.1 Å². The van der Waals surface area contributed by atoms with E-state index in [1.807, 2.05) is 43.5 Å². The summed E-state index contributed by atoms with van der Waals surface area (Å²) in [7, 11) is 0. The van der Waals surface area contributed by atoms with Crippen molar-refractivity contribution in [2.45, 2.75) is 26.4 Å². The van der Waals surface area contributed by atoms with Crippen LogP contribution in [0, 0.1) is 6.92 Å². The lowest BCUT2D eigenvalue weighted by atomic mass is 10.2. The Labute approximate surface area is 166 Å². The van der Waals surface area contributed by atoms with Crippen LogP contribution in [0.2, 0.25) is 0 Å². The summed E-state index contributed by atoms with van der Waals surface area (Å²) in [5, 5.41) is 13.9. The summed E-state index contributed by atoms with van der Waals surface area (Å²) in [6.07, 6.45) is 0.267. The van der Waals surface area contributed by atoms with Crippen molar-refractivity contribution in [3.8, 4) is 10.6 Å². The molecule has 1 saturated heterocycles. The largest absolute Gasteiger partial charge is 0.422 e.